The van der Waals surface area contributed by atoms with Crippen molar-refractivity contribution in [1.29, 1.82) is 0 Å². The maximum atomic E-state index is 11.5. The third-order valence-corrected chi connectivity index (χ3v) is 2.43. The molecule has 0 saturated heterocycles. The summed E-state index contributed by atoms with van der Waals surface area (Å²) >= 11 is 1.94. The molecule has 0 amide bonds. The summed E-state index contributed by atoms with van der Waals surface area (Å²) < 4.78 is 15.9. The number of rotatable bonds is 2. The summed E-state index contributed by atoms with van der Waals surface area (Å²) in [4.78, 5) is 11.5. The van der Waals surface area contributed by atoms with Crippen molar-refractivity contribution in [3.8, 4) is 11.5 Å². The van der Waals surface area contributed by atoms with Crippen molar-refractivity contribution in [3.63, 3.8) is 0 Å². The molecule has 0 bridgehead atoms. The van der Waals surface area contributed by atoms with Gasteiger partial charge in [0.15, 0.2) is 11.5 Å². The molecular weight excluding hydrogens is 325 g/mol. The van der Waals surface area contributed by atoms with Gasteiger partial charge < -0.3 is 19.9 Å². The molecule has 1 aromatic carbocycles. The largest absolute Gasteiger partial charge is 0.486 e. The van der Waals surface area contributed by atoms with E-state index in [-0.39, 0.29) is 4.61 Å². The lowest BCUT2D eigenvalue weighted by Crippen LogP contribution is -2.17. The smallest absolute Gasteiger partial charge is 0.341 e. The highest BCUT2D eigenvalue weighted by Gasteiger charge is 2.19. The van der Waals surface area contributed by atoms with Crippen LogP contribution in [0.5, 0.6) is 11.5 Å². The molecule has 0 saturated carbocycles. The van der Waals surface area contributed by atoms with Crippen molar-refractivity contribution in [2.75, 3.05) is 23.6 Å². The van der Waals surface area contributed by atoms with Crippen molar-refractivity contribution in [2.45, 2.75) is 0 Å². The molecule has 86 valence electrons. The fourth-order valence-corrected chi connectivity index (χ4v) is 1.69. The van der Waals surface area contributed by atoms with E-state index in [9.17, 15) is 4.79 Å². The van der Waals surface area contributed by atoms with E-state index in [1.807, 2.05) is 22.6 Å². The van der Waals surface area contributed by atoms with Crippen LogP contribution < -0.4 is 15.2 Å². The molecule has 2 rings (SSSR count). The molecule has 0 unspecified atom stereocenters. The van der Waals surface area contributed by atoms with Gasteiger partial charge >= 0.3 is 5.97 Å². The number of nitrogens with two attached hydrogens (primary N) is 1. The predicted molar refractivity (Wildman–Crippen MR) is 66.1 cm³/mol. The topological polar surface area (TPSA) is 70.8 Å². The van der Waals surface area contributed by atoms with Gasteiger partial charge in [-0.05, 0) is 22.6 Å². The zero-order valence-electron chi connectivity index (χ0n) is 8.36. The zero-order valence-corrected chi connectivity index (χ0v) is 10.5. The van der Waals surface area contributed by atoms with E-state index in [4.69, 9.17) is 19.9 Å². The first-order valence-corrected chi connectivity index (χ1v) is 6.17. The van der Waals surface area contributed by atoms with Crippen LogP contribution in [0.4, 0.5) is 5.69 Å². The van der Waals surface area contributed by atoms with Gasteiger partial charge in [-0.15, -0.1) is 0 Å². The molecule has 0 aliphatic carbocycles. The van der Waals surface area contributed by atoms with Crippen LogP contribution in [0.2, 0.25) is 0 Å². The number of esters is 1. The van der Waals surface area contributed by atoms with Crippen LogP contribution in [0.25, 0.3) is 0 Å². The number of nitrogen functional groups attached to an aromatic ring is 1. The van der Waals surface area contributed by atoms with Gasteiger partial charge in [0.25, 0.3) is 0 Å². The number of carbonyl (C=O) groups excluding carboxylic acids is 1. The third kappa shape index (κ3) is 2.16. The Morgan fingerprint density at radius 2 is 2.00 bits per heavy atom. The van der Waals surface area contributed by atoms with E-state index in [1.165, 1.54) is 0 Å². The Hall–Kier alpha value is -1.18. The van der Waals surface area contributed by atoms with Crippen molar-refractivity contribution < 1.29 is 19.0 Å². The number of hydrogen-bond acceptors (Lipinski definition) is 5. The number of halogens is 1. The molecule has 0 radical (unpaired) electrons. The Balaban J connectivity index is 2.35. The van der Waals surface area contributed by atoms with E-state index >= 15 is 0 Å². The molecule has 0 atom stereocenters. The van der Waals surface area contributed by atoms with Crippen molar-refractivity contribution >= 4 is 34.2 Å². The molecule has 0 aromatic heterocycles. The average Bonchev–Trinajstić information content (AvgIpc) is 2.28. The second kappa shape index (κ2) is 4.77. The van der Waals surface area contributed by atoms with Gasteiger partial charge in [-0.25, -0.2) is 4.79 Å². The Morgan fingerprint density at radius 3 is 2.62 bits per heavy atom. The zero-order chi connectivity index (χ0) is 11.5. The van der Waals surface area contributed by atoms with Crippen molar-refractivity contribution in [1.82, 2.24) is 0 Å². The molecule has 0 fully saturated rings. The summed E-state index contributed by atoms with van der Waals surface area (Å²) in [6.07, 6.45) is 0. The minimum absolute atomic E-state index is 0.282. The third-order valence-electron chi connectivity index (χ3n) is 2.12. The molecule has 2 N–H and O–H groups in total. The van der Waals surface area contributed by atoms with Crippen molar-refractivity contribution in [2.24, 2.45) is 0 Å². The highest BCUT2D eigenvalue weighted by molar-refractivity contribution is 14.1. The molecule has 1 heterocycles. The van der Waals surface area contributed by atoms with Crippen molar-refractivity contribution in [3.05, 3.63) is 17.7 Å². The van der Waals surface area contributed by atoms with Gasteiger partial charge in [0.05, 0.1) is 11.3 Å². The van der Waals surface area contributed by atoms with Crippen LogP contribution in [-0.4, -0.2) is 23.8 Å². The van der Waals surface area contributed by atoms with Gasteiger partial charge in [0.1, 0.15) is 17.8 Å². The lowest BCUT2D eigenvalue weighted by molar-refractivity contribution is 0.0590. The summed E-state index contributed by atoms with van der Waals surface area (Å²) in [5.41, 5.74) is 6.38. The summed E-state index contributed by atoms with van der Waals surface area (Å²) in [6, 6.07) is 3.14. The molecule has 0 spiro atoms. The fraction of sp³-hybridized carbons (Fsp3) is 0.300. The summed E-state index contributed by atoms with van der Waals surface area (Å²) in [5, 5.41) is 0. The van der Waals surface area contributed by atoms with Crippen LogP contribution in [0, 0.1) is 0 Å². The first-order valence-electron chi connectivity index (χ1n) is 4.64. The minimum atomic E-state index is -0.455. The Bertz CT molecular complexity index is 422. The van der Waals surface area contributed by atoms with E-state index in [0.29, 0.717) is 36.0 Å². The highest BCUT2D eigenvalue weighted by atomic mass is 127. The monoisotopic (exact) mass is 335 g/mol. The van der Waals surface area contributed by atoms with E-state index in [0.717, 1.165) is 0 Å². The number of carbonyl (C=O) groups is 1. The van der Waals surface area contributed by atoms with Gasteiger partial charge in [-0.3, -0.25) is 0 Å². The number of ether oxygens (including phenoxy) is 3. The van der Waals surface area contributed by atoms with Gasteiger partial charge in [-0.2, -0.15) is 0 Å². The van der Waals surface area contributed by atoms with Gasteiger partial charge in [0.2, 0.25) is 0 Å². The second-order valence-electron chi connectivity index (χ2n) is 3.12. The first kappa shape index (κ1) is 11.3. The fourth-order valence-electron chi connectivity index (χ4n) is 1.41. The van der Waals surface area contributed by atoms with E-state index in [1.54, 1.807) is 12.1 Å². The molecule has 6 heteroatoms. The number of anilines is 1. The SMILES string of the molecule is Nc1cc2c(cc1C(=O)OCI)OCCO2. The average molecular weight is 335 g/mol. The predicted octanol–water partition coefficient (Wildman–Crippen LogP) is 1.59. The Morgan fingerprint density at radius 1 is 1.38 bits per heavy atom. The van der Waals surface area contributed by atoms with Crippen LogP contribution in [0.3, 0.4) is 0 Å². The van der Waals surface area contributed by atoms with Crippen LogP contribution >= 0.6 is 22.6 Å². The molecule has 16 heavy (non-hydrogen) atoms. The lowest BCUT2D eigenvalue weighted by Gasteiger charge is -2.19. The Labute approximate surface area is 106 Å². The van der Waals surface area contributed by atoms with Crippen LogP contribution in [0.1, 0.15) is 10.4 Å². The molecule has 1 aliphatic heterocycles. The van der Waals surface area contributed by atoms with Crippen LogP contribution in [-0.2, 0) is 4.74 Å². The minimum Gasteiger partial charge on any atom is -0.486 e. The number of hydrogen-bond donors (Lipinski definition) is 1. The van der Waals surface area contributed by atoms with E-state index in [2.05, 4.69) is 0 Å². The first-order chi connectivity index (χ1) is 7.72. The van der Waals surface area contributed by atoms with Gasteiger partial charge in [0, 0.05) is 12.1 Å². The summed E-state index contributed by atoms with van der Waals surface area (Å²) in [7, 11) is 0. The number of benzene rings is 1. The standard InChI is InChI=1S/C10H10INO4/c11-5-16-10(13)6-3-8-9(4-7(6)12)15-2-1-14-8/h3-4H,1-2,5,12H2. The highest BCUT2D eigenvalue weighted by Crippen LogP contribution is 2.34. The summed E-state index contributed by atoms with van der Waals surface area (Å²) in [5.74, 6) is 0.638. The van der Waals surface area contributed by atoms with E-state index < -0.39 is 5.97 Å². The molecular formula is C10H10INO4. The maximum absolute atomic E-state index is 11.5. The van der Waals surface area contributed by atoms with Crippen LogP contribution in [0.15, 0.2) is 12.1 Å². The maximum Gasteiger partial charge on any atom is 0.341 e. The molecule has 5 nitrogen and oxygen atoms in total. The Kier molecular flexibility index (Phi) is 3.37. The number of fused-ring (bicyclic) bond motifs is 1. The quantitative estimate of drug-likeness (QED) is 0.385. The lowest BCUT2D eigenvalue weighted by atomic mass is 10.1. The van der Waals surface area contributed by atoms with Gasteiger partial charge in [-0.1, -0.05) is 0 Å². The molecule has 1 aromatic rings. The summed E-state index contributed by atoms with van der Waals surface area (Å²) in [6.45, 7) is 0.960. The molecule has 1 aliphatic rings. The normalized spacial score (nSPS) is 13.3. The second-order valence-corrected chi connectivity index (χ2v) is 3.75. The number of alkyl halides is 1.